The normalized spacial score (nSPS) is 13.0. The molecule has 1 unspecified atom stereocenters. The second-order valence-corrected chi connectivity index (χ2v) is 7.75. The van der Waals surface area contributed by atoms with E-state index in [-0.39, 0.29) is 12.4 Å². The lowest BCUT2D eigenvalue weighted by atomic mass is 10.1. The summed E-state index contributed by atoms with van der Waals surface area (Å²) in [6.07, 6.45) is 0. The van der Waals surface area contributed by atoms with Crippen molar-refractivity contribution >= 4 is 18.7 Å². The molecule has 26 heavy (non-hydrogen) atoms. The molecule has 1 atom stereocenters. The van der Waals surface area contributed by atoms with Gasteiger partial charge in [-0.1, -0.05) is 66.2 Å². The van der Waals surface area contributed by atoms with E-state index < -0.39 is 7.60 Å². The van der Waals surface area contributed by atoms with Crippen LogP contribution in [0.4, 0.5) is 0 Å². The predicted molar refractivity (Wildman–Crippen MR) is 102 cm³/mol. The fourth-order valence-corrected chi connectivity index (χ4v) is 3.88. The zero-order valence-corrected chi connectivity index (χ0v) is 15.3. The number of benzene rings is 3. The van der Waals surface area contributed by atoms with E-state index in [1.54, 1.807) is 60.7 Å². The maximum Gasteiger partial charge on any atom is 0.411 e. The van der Waals surface area contributed by atoms with Crippen LogP contribution >= 0.6 is 7.60 Å². The highest BCUT2D eigenvalue weighted by Crippen LogP contribution is 2.47. The molecular weight excluding hydrogens is 347 g/mol. The molecule has 0 fully saturated rings. The van der Waals surface area contributed by atoms with Crippen molar-refractivity contribution in [3.05, 3.63) is 96.1 Å². The highest BCUT2D eigenvalue weighted by atomic mass is 31.2. The third kappa shape index (κ3) is 4.48. The summed E-state index contributed by atoms with van der Waals surface area (Å²) < 4.78 is 24.6. The summed E-state index contributed by atoms with van der Waals surface area (Å²) in [5.74, 6) is 0.167. The van der Waals surface area contributed by atoms with Crippen molar-refractivity contribution in [1.82, 2.24) is 0 Å². The van der Waals surface area contributed by atoms with Gasteiger partial charge in [0, 0.05) is 5.56 Å². The van der Waals surface area contributed by atoms with E-state index in [0.29, 0.717) is 16.6 Å². The van der Waals surface area contributed by atoms with Gasteiger partial charge >= 0.3 is 7.60 Å². The third-order valence-corrected chi connectivity index (χ3v) is 5.63. The molecule has 0 amide bonds. The van der Waals surface area contributed by atoms with Gasteiger partial charge in [0.1, 0.15) is 12.4 Å². The Morgan fingerprint density at radius 3 is 2.04 bits per heavy atom. The monoisotopic (exact) mass is 366 g/mol. The second kappa shape index (κ2) is 8.13. The molecule has 0 N–H and O–H groups in total. The van der Waals surface area contributed by atoms with Crippen LogP contribution in [0.2, 0.25) is 0 Å². The molecule has 0 bridgehead atoms. The number of aryl methyl sites for hydroxylation is 1. The molecular formula is C21H19O4P. The van der Waals surface area contributed by atoms with Crippen LogP contribution < -0.4 is 9.83 Å². The van der Waals surface area contributed by atoms with E-state index in [2.05, 4.69) is 0 Å². The van der Waals surface area contributed by atoms with Gasteiger partial charge in [-0.05, 0) is 31.2 Å². The fraction of sp³-hybridized carbons (Fsp3) is 0.0952. The first-order chi connectivity index (χ1) is 12.6. The van der Waals surface area contributed by atoms with Crippen molar-refractivity contribution in [2.75, 3.05) is 6.61 Å². The van der Waals surface area contributed by atoms with Gasteiger partial charge in [0.15, 0.2) is 5.78 Å². The molecule has 132 valence electrons. The van der Waals surface area contributed by atoms with Crippen molar-refractivity contribution in [2.45, 2.75) is 6.92 Å². The SMILES string of the molecule is Cc1ccc(C(=O)COP(=O)(Oc2ccccc2)c2ccccc2)cc1. The van der Waals surface area contributed by atoms with Gasteiger partial charge in [0.25, 0.3) is 0 Å². The minimum atomic E-state index is -3.70. The Hall–Kier alpha value is -2.68. The minimum absolute atomic E-state index is 0.252. The van der Waals surface area contributed by atoms with Gasteiger partial charge in [-0.25, -0.2) is 4.57 Å². The van der Waals surface area contributed by atoms with Crippen molar-refractivity contribution in [3.63, 3.8) is 0 Å². The number of rotatable bonds is 7. The molecule has 0 saturated heterocycles. The molecule has 0 aliphatic rings. The summed E-state index contributed by atoms with van der Waals surface area (Å²) in [6.45, 7) is 1.62. The quantitative estimate of drug-likeness (QED) is 0.446. The highest BCUT2D eigenvalue weighted by molar-refractivity contribution is 7.62. The average molecular weight is 366 g/mol. The highest BCUT2D eigenvalue weighted by Gasteiger charge is 2.30. The molecule has 3 aromatic carbocycles. The molecule has 3 rings (SSSR count). The minimum Gasteiger partial charge on any atom is -0.421 e. The summed E-state index contributed by atoms with van der Waals surface area (Å²) in [5.41, 5.74) is 1.57. The predicted octanol–water partition coefficient (Wildman–Crippen LogP) is 4.79. The van der Waals surface area contributed by atoms with E-state index >= 15 is 0 Å². The van der Waals surface area contributed by atoms with Crippen LogP contribution in [0.15, 0.2) is 84.9 Å². The number of ketones is 1. The van der Waals surface area contributed by atoms with Crippen molar-refractivity contribution in [2.24, 2.45) is 0 Å². The standard InChI is InChI=1S/C21H19O4P/c1-17-12-14-18(15-13-17)21(22)16-24-26(23,20-10-6-3-7-11-20)25-19-8-4-2-5-9-19/h2-15H,16H2,1H3. The van der Waals surface area contributed by atoms with E-state index in [9.17, 15) is 9.36 Å². The van der Waals surface area contributed by atoms with Crippen LogP contribution in [0.5, 0.6) is 5.75 Å². The van der Waals surface area contributed by atoms with Gasteiger partial charge in [-0.3, -0.25) is 9.32 Å². The lowest BCUT2D eigenvalue weighted by molar-refractivity contribution is 0.0914. The lowest BCUT2D eigenvalue weighted by Crippen LogP contribution is -2.16. The Balaban J connectivity index is 1.81. The molecule has 0 aliphatic heterocycles. The van der Waals surface area contributed by atoms with Crippen LogP contribution in [0.1, 0.15) is 15.9 Å². The summed E-state index contributed by atoms with van der Waals surface area (Å²) in [7, 11) is -3.70. The first-order valence-electron chi connectivity index (χ1n) is 8.21. The van der Waals surface area contributed by atoms with Gasteiger partial charge in [0.2, 0.25) is 0 Å². The maximum atomic E-state index is 13.4. The fourth-order valence-electron chi connectivity index (χ4n) is 2.35. The maximum absolute atomic E-state index is 13.4. The van der Waals surface area contributed by atoms with Crippen molar-refractivity contribution in [1.29, 1.82) is 0 Å². The summed E-state index contributed by atoms with van der Waals surface area (Å²) in [5, 5.41) is 0.403. The lowest BCUT2D eigenvalue weighted by Gasteiger charge is -2.19. The number of carbonyl (C=O) groups is 1. The average Bonchev–Trinajstić information content (AvgIpc) is 2.68. The molecule has 0 radical (unpaired) electrons. The zero-order valence-electron chi connectivity index (χ0n) is 14.4. The zero-order chi connectivity index (χ0) is 18.4. The van der Waals surface area contributed by atoms with Crippen LogP contribution in [0.25, 0.3) is 0 Å². The number of para-hydroxylation sites is 1. The molecule has 5 heteroatoms. The molecule has 0 aliphatic carbocycles. The summed E-state index contributed by atoms with van der Waals surface area (Å²) in [6, 6.07) is 24.6. The van der Waals surface area contributed by atoms with Crippen molar-refractivity contribution < 1.29 is 18.4 Å². The Morgan fingerprint density at radius 1 is 0.846 bits per heavy atom. The smallest absolute Gasteiger partial charge is 0.411 e. The molecule has 0 saturated carbocycles. The first kappa shape index (κ1) is 18.1. The molecule has 0 aromatic heterocycles. The Bertz CT molecular complexity index is 906. The Kier molecular flexibility index (Phi) is 5.67. The van der Waals surface area contributed by atoms with Gasteiger partial charge in [-0.2, -0.15) is 0 Å². The Labute approximate surface area is 152 Å². The Morgan fingerprint density at radius 2 is 1.42 bits per heavy atom. The largest absolute Gasteiger partial charge is 0.421 e. The summed E-state index contributed by atoms with van der Waals surface area (Å²) >= 11 is 0. The van der Waals surface area contributed by atoms with Gasteiger partial charge < -0.3 is 4.52 Å². The topological polar surface area (TPSA) is 52.6 Å². The first-order valence-corrected chi connectivity index (χ1v) is 9.76. The van der Waals surface area contributed by atoms with Crippen LogP contribution in [0, 0.1) is 6.92 Å². The van der Waals surface area contributed by atoms with E-state index in [1.165, 1.54) is 0 Å². The van der Waals surface area contributed by atoms with Crippen LogP contribution in [-0.2, 0) is 9.09 Å². The molecule has 0 heterocycles. The van der Waals surface area contributed by atoms with Crippen molar-refractivity contribution in [3.8, 4) is 5.75 Å². The van der Waals surface area contributed by atoms with E-state index in [0.717, 1.165) is 5.56 Å². The van der Waals surface area contributed by atoms with E-state index in [1.807, 2.05) is 31.2 Å². The number of Topliss-reactive ketones (excluding diaryl/α,β-unsaturated/α-hetero) is 1. The van der Waals surface area contributed by atoms with Gasteiger partial charge in [0.05, 0.1) is 5.30 Å². The number of hydrogen-bond donors (Lipinski definition) is 0. The third-order valence-electron chi connectivity index (χ3n) is 3.78. The molecule has 0 spiro atoms. The van der Waals surface area contributed by atoms with E-state index in [4.69, 9.17) is 9.05 Å². The second-order valence-electron chi connectivity index (χ2n) is 5.80. The number of hydrogen-bond acceptors (Lipinski definition) is 4. The van der Waals surface area contributed by atoms with Crippen LogP contribution in [-0.4, -0.2) is 12.4 Å². The van der Waals surface area contributed by atoms with Gasteiger partial charge in [-0.15, -0.1) is 0 Å². The van der Waals surface area contributed by atoms with Crippen LogP contribution in [0.3, 0.4) is 0 Å². The number of carbonyl (C=O) groups excluding carboxylic acids is 1. The molecule has 4 nitrogen and oxygen atoms in total. The molecule has 3 aromatic rings. The summed E-state index contributed by atoms with van der Waals surface area (Å²) in [4.78, 5) is 12.4.